The van der Waals surface area contributed by atoms with Gasteiger partial charge < -0.3 is 5.11 Å². The van der Waals surface area contributed by atoms with Gasteiger partial charge in [0.25, 0.3) is 0 Å². The largest absolute Gasteiger partial charge is 0.396 e. The Hall–Kier alpha value is -1.60. The van der Waals surface area contributed by atoms with Gasteiger partial charge in [-0.2, -0.15) is 0 Å². The van der Waals surface area contributed by atoms with Crippen LogP contribution in [0.3, 0.4) is 0 Å². The molecule has 17 heavy (non-hydrogen) atoms. The molecule has 2 aromatic carbocycles. The Balaban J connectivity index is 1.82. The molecule has 1 N–H and O–H groups in total. The third kappa shape index (κ3) is 2.11. The van der Waals surface area contributed by atoms with Gasteiger partial charge in [0, 0.05) is 6.61 Å². The van der Waals surface area contributed by atoms with Gasteiger partial charge in [-0.15, -0.1) is 0 Å². The van der Waals surface area contributed by atoms with Crippen LogP contribution >= 0.6 is 0 Å². The second-order valence-corrected chi connectivity index (χ2v) is 4.77. The Labute approximate surface area is 102 Å². The summed E-state index contributed by atoms with van der Waals surface area (Å²) in [5, 5.41) is 9.07. The van der Waals surface area contributed by atoms with Gasteiger partial charge >= 0.3 is 0 Å². The molecule has 1 aliphatic rings. The smallest absolute Gasteiger partial charge is 0.0465 e. The fourth-order valence-electron chi connectivity index (χ4n) is 2.41. The Kier molecular flexibility index (Phi) is 2.69. The van der Waals surface area contributed by atoms with Gasteiger partial charge in [0.15, 0.2) is 0 Å². The van der Waals surface area contributed by atoms with Crippen LogP contribution in [0, 0.1) is 5.92 Å². The van der Waals surface area contributed by atoms with Crippen LogP contribution in [-0.2, 0) is 0 Å². The number of rotatable bonds is 3. The van der Waals surface area contributed by atoms with Crippen LogP contribution in [0.4, 0.5) is 0 Å². The first-order chi connectivity index (χ1) is 8.38. The van der Waals surface area contributed by atoms with Crippen molar-refractivity contribution in [2.24, 2.45) is 5.92 Å². The lowest BCUT2D eigenvalue weighted by Crippen LogP contribution is -1.88. The lowest BCUT2D eigenvalue weighted by Gasteiger charge is -2.03. The summed E-state index contributed by atoms with van der Waals surface area (Å²) in [5.74, 6) is 1.09. The molecule has 86 valence electrons. The highest BCUT2D eigenvalue weighted by molar-refractivity contribution is 5.63. The maximum Gasteiger partial charge on any atom is 0.0465 e. The van der Waals surface area contributed by atoms with E-state index in [0.29, 0.717) is 18.4 Å². The number of hydrogen-bond acceptors (Lipinski definition) is 1. The van der Waals surface area contributed by atoms with Crippen LogP contribution in [0.25, 0.3) is 11.1 Å². The van der Waals surface area contributed by atoms with E-state index in [2.05, 4.69) is 48.5 Å². The predicted molar refractivity (Wildman–Crippen MR) is 69.8 cm³/mol. The Morgan fingerprint density at radius 2 is 1.53 bits per heavy atom. The van der Waals surface area contributed by atoms with E-state index in [9.17, 15) is 0 Å². The molecule has 2 aromatic rings. The van der Waals surface area contributed by atoms with Crippen LogP contribution in [0.15, 0.2) is 54.6 Å². The summed E-state index contributed by atoms with van der Waals surface area (Å²) < 4.78 is 0. The third-order valence-electron chi connectivity index (χ3n) is 3.60. The van der Waals surface area contributed by atoms with Crippen LogP contribution in [0.2, 0.25) is 0 Å². The Morgan fingerprint density at radius 1 is 0.882 bits per heavy atom. The van der Waals surface area contributed by atoms with Crippen molar-refractivity contribution < 1.29 is 5.11 Å². The summed E-state index contributed by atoms with van der Waals surface area (Å²) in [6.45, 7) is 0.325. The Bertz CT molecular complexity index is 487. The van der Waals surface area contributed by atoms with Crippen molar-refractivity contribution in [3.63, 3.8) is 0 Å². The minimum absolute atomic E-state index is 0.325. The van der Waals surface area contributed by atoms with Crippen molar-refractivity contribution in [2.45, 2.75) is 12.3 Å². The second-order valence-electron chi connectivity index (χ2n) is 4.77. The highest BCUT2D eigenvalue weighted by Gasteiger charge is 2.37. The molecule has 0 heterocycles. The van der Waals surface area contributed by atoms with Gasteiger partial charge in [-0.05, 0) is 34.9 Å². The highest BCUT2D eigenvalue weighted by Crippen LogP contribution is 2.47. The Morgan fingerprint density at radius 3 is 2.12 bits per heavy atom. The summed E-state index contributed by atoms with van der Waals surface area (Å²) in [5.41, 5.74) is 3.88. The van der Waals surface area contributed by atoms with E-state index in [0.717, 1.165) is 6.42 Å². The molecule has 0 radical (unpaired) electrons. The van der Waals surface area contributed by atoms with Crippen LogP contribution < -0.4 is 0 Å². The van der Waals surface area contributed by atoms with Crippen LogP contribution in [0.5, 0.6) is 0 Å². The van der Waals surface area contributed by atoms with E-state index in [-0.39, 0.29) is 0 Å². The molecule has 2 atom stereocenters. The summed E-state index contributed by atoms with van der Waals surface area (Å²) in [6.07, 6.45) is 1.14. The molecule has 0 aliphatic heterocycles. The molecular formula is C16H16O. The SMILES string of the molecule is OC[C@H]1CC1c1ccc(-c2ccccc2)cc1. The predicted octanol–water partition coefficient (Wildman–Crippen LogP) is 3.45. The first-order valence-electron chi connectivity index (χ1n) is 6.15. The lowest BCUT2D eigenvalue weighted by molar-refractivity contribution is 0.274. The monoisotopic (exact) mass is 224 g/mol. The van der Waals surface area contributed by atoms with Gasteiger partial charge in [-0.25, -0.2) is 0 Å². The quantitative estimate of drug-likeness (QED) is 0.846. The van der Waals surface area contributed by atoms with Gasteiger partial charge in [-0.3, -0.25) is 0 Å². The van der Waals surface area contributed by atoms with Crippen LogP contribution in [0.1, 0.15) is 17.9 Å². The minimum Gasteiger partial charge on any atom is -0.396 e. The van der Waals surface area contributed by atoms with E-state index in [1.54, 1.807) is 0 Å². The molecule has 0 bridgehead atoms. The number of aliphatic hydroxyl groups is 1. The van der Waals surface area contributed by atoms with Crippen molar-refractivity contribution in [3.8, 4) is 11.1 Å². The standard InChI is InChI=1S/C16H16O/c17-11-15-10-16(15)14-8-6-13(7-9-14)12-4-2-1-3-5-12/h1-9,15-17H,10-11H2/t15-,16?/m1/s1. The number of aliphatic hydroxyl groups excluding tert-OH is 1. The second kappa shape index (κ2) is 4.34. The van der Waals surface area contributed by atoms with Gasteiger partial charge in [-0.1, -0.05) is 54.6 Å². The molecule has 0 amide bonds. The molecule has 1 saturated carbocycles. The summed E-state index contributed by atoms with van der Waals surface area (Å²) >= 11 is 0. The molecule has 3 rings (SSSR count). The molecule has 1 unspecified atom stereocenters. The topological polar surface area (TPSA) is 20.2 Å². The molecule has 1 aliphatic carbocycles. The first-order valence-corrected chi connectivity index (χ1v) is 6.15. The average Bonchev–Trinajstić information content (AvgIpc) is 3.19. The first kappa shape index (κ1) is 10.5. The number of hydrogen-bond donors (Lipinski definition) is 1. The summed E-state index contributed by atoms with van der Waals surface area (Å²) in [4.78, 5) is 0. The zero-order chi connectivity index (χ0) is 11.7. The molecule has 0 saturated heterocycles. The zero-order valence-electron chi connectivity index (χ0n) is 9.71. The van der Waals surface area contributed by atoms with Crippen LogP contribution in [-0.4, -0.2) is 11.7 Å². The van der Waals surface area contributed by atoms with E-state index >= 15 is 0 Å². The molecular weight excluding hydrogens is 208 g/mol. The van der Waals surface area contributed by atoms with Crippen molar-refractivity contribution in [2.75, 3.05) is 6.61 Å². The summed E-state index contributed by atoms with van der Waals surface area (Å²) in [7, 11) is 0. The normalized spacial score (nSPS) is 22.4. The number of benzene rings is 2. The summed E-state index contributed by atoms with van der Waals surface area (Å²) in [6, 6.07) is 19.2. The molecule has 0 spiro atoms. The fraction of sp³-hybridized carbons (Fsp3) is 0.250. The van der Waals surface area contributed by atoms with Gasteiger partial charge in [0.2, 0.25) is 0 Å². The fourth-order valence-corrected chi connectivity index (χ4v) is 2.41. The van der Waals surface area contributed by atoms with Crippen molar-refractivity contribution in [3.05, 3.63) is 60.2 Å². The van der Waals surface area contributed by atoms with E-state index in [1.165, 1.54) is 16.7 Å². The van der Waals surface area contributed by atoms with Gasteiger partial charge in [0.1, 0.15) is 0 Å². The zero-order valence-corrected chi connectivity index (χ0v) is 9.71. The molecule has 1 heteroatoms. The minimum atomic E-state index is 0.325. The maximum absolute atomic E-state index is 9.07. The lowest BCUT2D eigenvalue weighted by atomic mass is 10.0. The van der Waals surface area contributed by atoms with Crippen molar-refractivity contribution in [1.82, 2.24) is 0 Å². The third-order valence-corrected chi connectivity index (χ3v) is 3.60. The van der Waals surface area contributed by atoms with E-state index in [4.69, 9.17) is 5.11 Å². The van der Waals surface area contributed by atoms with Crippen molar-refractivity contribution >= 4 is 0 Å². The van der Waals surface area contributed by atoms with Crippen molar-refractivity contribution in [1.29, 1.82) is 0 Å². The molecule has 1 fully saturated rings. The highest BCUT2D eigenvalue weighted by atomic mass is 16.3. The maximum atomic E-state index is 9.07. The van der Waals surface area contributed by atoms with Gasteiger partial charge in [0.05, 0.1) is 0 Å². The molecule has 0 aromatic heterocycles. The van der Waals surface area contributed by atoms with E-state index in [1.807, 2.05) is 6.07 Å². The molecule has 1 nitrogen and oxygen atoms in total. The van der Waals surface area contributed by atoms with E-state index < -0.39 is 0 Å². The average molecular weight is 224 g/mol.